The molecule has 0 bridgehead atoms. The first kappa shape index (κ1) is 17.3. The van der Waals surface area contributed by atoms with Crippen LogP contribution in [-0.4, -0.2) is 9.97 Å². The van der Waals surface area contributed by atoms with E-state index in [-0.39, 0.29) is 0 Å². The Balaban J connectivity index is 1.38. The van der Waals surface area contributed by atoms with E-state index in [2.05, 4.69) is 77.8 Å². The van der Waals surface area contributed by atoms with Crippen LogP contribution in [-0.2, 0) is 12.8 Å². The number of hydrogen-bond donors (Lipinski definition) is 0. The molecule has 2 nitrogen and oxygen atoms in total. The molecule has 2 heteroatoms. The van der Waals surface area contributed by atoms with Crippen LogP contribution in [0.2, 0.25) is 0 Å². The average Bonchev–Trinajstić information content (AvgIpc) is 2.83. The molecule has 0 saturated carbocycles. The van der Waals surface area contributed by atoms with Crippen LogP contribution in [0.5, 0.6) is 0 Å². The van der Waals surface area contributed by atoms with E-state index < -0.39 is 0 Å². The van der Waals surface area contributed by atoms with E-state index in [4.69, 9.17) is 4.98 Å². The largest absolute Gasteiger partial charge is 0.256 e. The third-order valence-electron chi connectivity index (χ3n) is 6.26. The predicted molar refractivity (Wildman–Crippen MR) is 125 cm³/mol. The number of fused-ring (bicyclic) bond motifs is 3. The molecular weight excluding hydrogens is 364 g/mol. The summed E-state index contributed by atoms with van der Waals surface area (Å²) in [6.07, 6.45) is 6.97. The van der Waals surface area contributed by atoms with Gasteiger partial charge in [-0.2, -0.15) is 0 Å². The summed E-state index contributed by atoms with van der Waals surface area (Å²) in [7, 11) is 0. The van der Waals surface area contributed by atoms with Gasteiger partial charge in [0.2, 0.25) is 0 Å². The molecule has 3 aromatic carbocycles. The highest BCUT2D eigenvalue weighted by Crippen LogP contribution is 2.29. The quantitative estimate of drug-likeness (QED) is 0.326. The van der Waals surface area contributed by atoms with Gasteiger partial charge in [0.1, 0.15) is 0 Å². The van der Waals surface area contributed by atoms with Crippen molar-refractivity contribution in [3.8, 4) is 22.5 Å². The average molecular weight is 386 g/mol. The molecule has 0 atom stereocenters. The van der Waals surface area contributed by atoms with Gasteiger partial charge in [-0.25, -0.2) is 4.98 Å². The zero-order valence-electron chi connectivity index (χ0n) is 16.8. The van der Waals surface area contributed by atoms with Crippen molar-refractivity contribution in [2.45, 2.75) is 25.7 Å². The third kappa shape index (κ3) is 3.05. The molecule has 0 spiro atoms. The van der Waals surface area contributed by atoms with E-state index in [9.17, 15) is 0 Å². The van der Waals surface area contributed by atoms with Gasteiger partial charge in [-0.3, -0.25) is 4.98 Å². The molecule has 2 heterocycles. The summed E-state index contributed by atoms with van der Waals surface area (Å²) in [5.74, 6) is 0. The van der Waals surface area contributed by atoms with Crippen molar-refractivity contribution in [3.63, 3.8) is 0 Å². The fraction of sp³-hybridized carbons (Fsp3) is 0.143. The maximum absolute atomic E-state index is 4.96. The summed E-state index contributed by atoms with van der Waals surface area (Å²) in [6, 6.07) is 28.1. The number of aromatic nitrogens is 2. The highest BCUT2D eigenvalue weighted by Gasteiger charge is 2.11. The summed E-state index contributed by atoms with van der Waals surface area (Å²) < 4.78 is 0. The second-order valence-corrected chi connectivity index (χ2v) is 8.21. The van der Waals surface area contributed by atoms with Gasteiger partial charge in [0.25, 0.3) is 0 Å². The summed E-state index contributed by atoms with van der Waals surface area (Å²) in [6.45, 7) is 0. The van der Waals surface area contributed by atoms with Crippen molar-refractivity contribution in [1.82, 2.24) is 9.97 Å². The molecule has 6 rings (SSSR count). The monoisotopic (exact) mass is 386 g/mol. The van der Waals surface area contributed by atoms with Gasteiger partial charge >= 0.3 is 0 Å². The maximum Gasteiger partial charge on any atom is 0.0709 e. The molecular formula is C28H22N2. The molecule has 1 aliphatic rings. The topological polar surface area (TPSA) is 25.8 Å². The van der Waals surface area contributed by atoms with Gasteiger partial charge in [-0.1, -0.05) is 48.5 Å². The molecule has 0 radical (unpaired) electrons. The standard InChI is InChI=1S/C28H22N2/c1-2-6-20-15-22(10-9-19(20)5-1)26-13-11-23-16-24(12-14-27(23)30-26)28-17-21-7-3-4-8-25(21)18-29-28/h3-4,7-18H,1-2,5-6H2. The van der Waals surface area contributed by atoms with Crippen molar-refractivity contribution in [1.29, 1.82) is 0 Å². The molecule has 0 saturated heterocycles. The van der Waals surface area contributed by atoms with Crippen molar-refractivity contribution in [2.75, 3.05) is 0 Å². The van der Waals surface area contributed by atoms with Crippen LogP contribution < -0.4 is 0 Å². The molecule has 30 heavy (non-hydrogen) atoms. The fourth-order valence-electron chi connectivity index (χ4n) is 4.58. The molecule has 0 fully saturated rings. The van der Waals surface area contributed by atoms with Gasteiger partial charge < -0.3 is 0 Å². The van der Waals surface area contributed by atoms with Crippen molar-refractivity contribution < 1.29 is 0 Å². The van der Waals surface area contributed by atoms with Crippen LogP contribution in [0.1, 0.15) is 24.0 Å². The lowest BCUT2D eigenvalue weighted by atomic mass is 9.90. The van der Waals surface area contributed by atoms with Crippen LogP contribution >= 0.6 is 0 Å². The summed E-state index contributed by atoms with van der Waals surface area (Å²) in [5, 5.41) is 3.52. The first-order valence-corrected chi connectivity index (χ1v) is 10.7. The van der Waals surface area contributed by atoms with E-state index in [0.717, 1.165) is 27.9 Å². The van der Waals surface area contributed by atoms with Gasteiger partial charge in [0, 0.05) is 28.1 Å². The zero-order valence-corrected chi connectivity index (χ0v) is 16.8. The Morgan fingerprint density at radius 2 is 1.37 bits per heavy atom. The lowest BCUT2D eigenvalue weighted by molar-refractivity contribution is 0.686. The van der Waals surface area contributed by atoms with Crippen molar-refractivity contribution in [3.05, 3.63) is 96.2 Å². The minimum absolute atomic E-state index is 0.995. The van der Waals surface area contributed by atoms with Crippen LogP contribution in [0.25, 0.3) is 44.2 Å². The van der Waals surface area contributed by atoms with Gasteiger partial charge in [0.15, 0.2) is 0 Å². The zero-order chi connectivity index (χ0) is 19.9. The number of hydrogen-bond acceptors (Lipinski definition) is 2. The number of benzene rings is 3. The molecule has 0 N–H and O–H groups in total. The van der Waals surface area contributed by atoms with E-state index in [1.54, 1.807) is 0 Å². The second kappa shape index (κ2) is 7.07. The van der Waals surface area contributed by atoms with Crippen molar-refractivity contribution >= 4 is 21.7 Å². The van der Waals surface area contributed by atoms with Gasteiger partial charge in [-0.15, -0.1) is 0 Å². The van der Waals surface area contributed by atoms with E-state index >= 15 is 0 Å². The van der Waals surface area contributed by atoms with Gasteiger partial charge in [-0.05, 0) is 72.5 Å². The maximum atomic E-state index is 4.96. The minimum atomic E-state index is 0.995. The Hall–Kier alpha value is -3.52. The number of nitrogens with zero attached hydrogens (tertiary/aromatic N) is 2. The Labute approximate surface area is 176 Å². The SMILES string of the molecule is c1ccc2cc(-c3ccc4nc(-c5ccc6c(c5)CCCC6)ccc4c3)ncc2c1. The normalized spacial score (nSPS) is 13.5. The van der Waals surface area contributed by atoms with Gasteiger partial charge in [0.05, 0.1) is 16.9 Å². The van der Waals surface area contributed by atoms with E-state index in [1.165, 1.54) is 53.1 Å². The van der Waals surface area contributed by atoms with Crippen LogP contribution in [0.15, 0.2) is 85.1 Å². The summed E-state index contributed by atoms with van der Waals surface area (Å²) in [5.41, 5.74) is 8.42. The Bertz CT molecular complexity index is 1400. The Morgan fingerprint density at radius 1 is 0.567 bits per heavy atom. The highest BCUT2D eigenvalue weighted by molar-refractivity contribution is 5.89. The molecule has 0 unspecified atom stereocenters. The second-order valence-electron chi connectivity index (χ2n) is 8.21. The highest BCUT2D eigenvalue weighted by atomic mass is 14.7. The molecule has 0 aliphatic heterocycles. The van der Waals surface area contributed by atoms with Crippen LogP contribution in [0.3, 0.4) is 0 Å². The van der Waals surface area contributed by atoms with E-state index in [0.29, 0.717) is 0 Å². The minimum Gasteiger partial charge on any atom is -0.256 e. The Kier molecular flexibility index (Phi) is 4.09. The first-order valence-electron chi connectivity index (χ1n) is 10.7. The number of pyridine rings is 2. The fourth-order valence-corrected chi connectivity index (χ4v) is 4.58. The molecule has 144 valence electrons. The molecule has 5 aromatic rings. The van der Waals surface area contributed by atoms with Crippen LogP contribution in [0, 0.1) is 0 Å². The molecule has 2 aromatic heterocycles. The predicted octanol–water partition coefficient (Wildman–Crippen LogP) is 7.00. The summed E-state index contributed by atoms with van der Waals surface area (Å²) >= 11 is 0. The van der Waals surface area contributed by atoms with Crippen LogP contribution in [0.4, 0.5) is 0 Å². The number of rotatable bonds is 2. The lowest BCUT2D eigenvalue weighted by Crippen LogP contribution is -2.02. The first-order chi connectivity index (χ1) is 14.8. The third-order valence-corrected chi connectivity index (χ3v) is 6.26. The Morgan fingerprint density at radius 3 is 2.30 bits per heavy atom. The summed E-state index contributed by atoms with van der Waals surface area (Å²) in [4.78, 5) is 9.63. The van der Waals surface area contributed by atoms with Crippen molar-refractivity contribution in [2.24, 2.45) is 0 Å². The van der Waals surface area contributed by atoms with E-state index in [1.807, 2.05) is 12.3 Å². The smallest absolute Gasteiger partial charge is 0.0709 e. The molecule has 0 amide bonds. The lowest BCUT2D eigenvalue weighted by Gasteiger charge is -2.16. The number of aryl methyl sites for hydroxylation is 2. The molecule has 1 aliphatic carbocycles.